The number of aldehydes is 1. The molecule has 4 heterocycles. The van der Waals surface area contributed by atoms with Crippen molar-refractivity contribution in [3.63, 3.8) is 0 Å². The highest BCUT2D eigenvalue weighted by Gasteiger charge is 2.29. The average molecular weight is 411 g/mol. The standard InChI is InChI=1S/C24H21N5O2/c1-31-23-12-16(9-10-25-23)27-24(21-14-29-11-5-4-8-22(29)28-21)19(15-30)18-13-26-20-7-3-2-6-17(18)20/h2-15,19,24,26H,1H3,(H,25,27). The summed E-state index contributed by atoms with van der Waals surface area (Å²) in [6.07, 6.45) is 8.46. The van der Waals surface area contributed by atoms with Gasteiger partial charge in [0.05, 0.1) is 24.8 Å². The van der Waals surface area contributed by atoms with Crippen molar-refractivity contribution < 1.29 is 9.53 Å². The number of aromatic amines is 1. The minimum Gasteiger partial charge on any atom is -0.481 e. The quantitative estimate of drug-likeness (QED) is 0.389. The van der Waals surface area contributed by atoms with E-state index in [1.54, 1.807) is 19.4 Å². The second kappa shape index (κ2) is 7.95. The van der Waals surface area contributed by atoms with Crippen molar-refractivity contribution in [1.82, 2.24) is 19.4 Å². The first kappa shape index (κ1) is 18.9. The predicted octanol–water partition coefficient (Wildman–Crippen LogP) is 4.36. The molecule has 0 amide bonds. The van der Waals surface area contributed by atoms with Crippen molar-refractivity contribution >= 4 is 28.5 Å². The van der Waals surface area contributed by atoms with Crippen LogP contribution in [0, 0.1) is 0 Å². The molecule has 5 aromatic rings. The Morgan fingerprint density at radius 3 is 2.87 bits per heavy atom. The zero-order valence-corrected chi connectivity index (χ0v) is 16.9. The lowest BCUT2D eigenvalue weighted by Crippen LogP contribution is -2.21. The van der Waals surface area contributed by atoms with Gasteiger partial charge < -0.3 is 24.2 Å². The number of methoxy groups -OCH3 is 1. The second-order valence-electron chi connectivity index (χ2n) is 7.29. The molecule has 0 aliphatic carbocycles. The minimum absolute atomic E-state index is 0.399. The van der Waals surface area contributed by atoms with Crippen molar-refractivity contribution in [1.29, 1.82) is 0 Å². The van der Waals surface area contributed by atoms with E-state index in [1.807, 2.05) is 71.5 Å². The van der Waals surface area contributed by atoms with Crippen molar-refractivity contribution in [3.8, 4) is 5.88 Å². The van der Waals surface area contributed by atoms with Crippen molar-refractivity contribution in [3.05, 3.63) is 90.6 Å². The third-order valence-electron chi connectivity index (χ3n) is 5.45. The smallest absolute Gasteiger partial charge is 0.214 e. The average Bonchev–Trinajstić information content (AvgIpc) is 3.44. The number of ether oxygens (including phenoxy) is 1. The van der Waals surface area contributed by atoms with Crippen LogP contribution in [-0.2, 0) is 4.79 Å². The van der Waals surface area contributed by atoms with Crippen molar-refractivity contribution in [2.24, 2.45) is 0 Å². The monoisotopic (exact) mass is 411 g/mol. The van der Waals surface area contributed by atoms with Crippen LogP contribution in [0.4, 0.5) is 5.69 Å². The van der Waals surface area contributed by atoms with E-state index in [4.69, 9.17) is 9.72 Å². The molecular formula is C24H21N5O2. The van der Waals surface area contributed by atoms with Gasteiger partial charge in [0.2, 0.25) is 5.88 Å². The summed E-state index contributed by atoms with van der Waals surface area (Å²) in [6.45, 7) is 0. The van der Waals surface area contributed by atoms with Crippen LogP contribution < -0.4 is 10.1 Å². The molecule has 7 heteroatoms. The molecule has 0 aliphatic rings. The lowest BCUT2D eigenvalue weighted by atomic mass is 9.90. The first-order chi connectivity index (χ1) is 15.3. The van der Waals surface area contributed by atoms with Gasteiger partial charge >= 0.3 is 0 Å². The fourth-order valence-corrected chi connectivity index (χ4v) is 3.94. The molecule has 1 aromatic carbocycles. The Morgan fingerprint density at radius 2 is 2.03 bits per heavy atom. The SMILES string of the molecule is COc1cc(NC(c2cn3ccccc3n2)C(C=O)c2c[nH]c3ccccc23)ccn1. The van der Waals surface area contributed by atoms with Gasteiger partial charge in [0.15, 0.2) is 0 Å². The lowest BCUT2D eigenvalue weighted by Gasteiger charge is -2.24. The summed E-state index contributed by atoms with van der Waals surface area (Å²) < 4.78 is 7.21. The first-order valence-corrected chi connectivity index (χ1v) is 9.98. The Bertz CT molecular complexity index is 1320. The van der Waals surface area contributed by atoms with Crippen LogP contribution in [0.1, 0.15) is 23.2 Å². The Labute approximate surface area is 178 Å². The number of imidazole rings is 1. The van der Waals surface area contributed by atoms with E-state index in [1.165, 1.54) is 0 Å². The zero-order valence-electron chi connectivity index (χ0n) is 16.9. The molecule has 5 rings (SSSR count). The molecule has 0 saturated heterocycles. The largest absolute Gasteiger partial charge is 0.481 e. The van der Waals surface area contributed by atoms with Crippen LogP contribution in [-0.4, -0.2) is 32.7 Å². The molecule has 0 fully saturated rings. The fraction of sp³-hybridized carbons (Fsp3) is 0.125. The van der Waals surface area contributed by atoms with Gasteiger partial charge in [-0.3, -0.25) is 0 Å². The maximum atomic E-state index is 12.5. The van der Waals surface area contributed by atoms with Crippen LogP contribution in [0.3, 0.4) is 0 Å². The zero-order chi connectivity index (χ0) is 21.2. The summed E-state index contributed by atoms with van der Waals surface area (Å²) in [6, 6.07) is 17.1. The van der Waals surface area contributed by atoms with Crippen LogP contribution in [0.15, 0.2) is 79.4 Å². The van der Waals surface area contributed by atoms with Crippen molar-refractivity contribution in [2.75, 3.05) is 12.4 Å². The molecule has 7 nitrogen and oxygen atoms in total. The molecule has 2 unspecified atom stereocenters. The molecule has 4 aromatic heterocycles. The fourth-order valence-electron chi connectivity index (χ4n) is 3.94. The van der Waals surface area contributed by atoms with Gasteiger partial charge in [-0.05, 0) is 29.8 Å². The molecule has 0 aliphatic heterocycles. The maximum absolute atomic E-state index is 12.5. The van der Waals surface area contributed by atoms with Gasteiger partial charge in [0.25, 0.3) is 0 Å². The number of pyridine rings is 2. The van der Waals surface area contributed by atoms with E-state index in [9.17, 15) is 4.79 Å². The first-order valence-electron chi connectivity index (χ1n) is 9.98. The Balaban J connectivity index is 1.63. The molecule has 0 spiro atoms. The molecule has 31 heavy (non-hydrogen) atoms. The Hall–Kier alpha value is -4.13. The number of aromatic nitrogens is 4. The highest BCUT2D eigenvalue weighted by Crippen LogP contribution is 2.36. The number of para-hydroxylation sites is 1. The van der Waals surface area contributed by atoms with Crippen LogP contribution in [0.5, 0.6) is 5.88 Å². The highest BCUT2D eigenvalue weighted by molar-refractivity contribution is 5.87. The molecular weight excluding hydrogens is 390 g/mol. The summed E-state index contributed by atoms with van der Waals surface area (Å²) >= 11 is 0. The van der Waals surface area contributed by atoms with E-state index < -0.39 is 12.0 Å². The number of anilines is 1. The summed E-state index contributed by atoms with van der Waals surface area (Å²) in [7, 11) is 1.58. The van der Waals surface area contributed by atoms with E-state index in [2.05, 4.69) is 15.3 Å². The summed E-state index contributed by atoms with van der Waals surface area (Å²) in [5.41, 5.74) is 4.29. The van der Waals surface area contributed by atoms with Crippen LogP contribution >= 0.6 is 0 Å². The van der Waals surface area contributed by atoms with E-state index in [0.29, 0.717) is 5.88 Å². The van der Waals surface area contributed by atoms with Gasteiger partial charge in [-0.25, -0.2) is 9.97 Å². The number of fused-ring (bicyclic) bond motifs is 2. The Kier molecular flexibility index (Phi) is 4.84. The molecule has 0 bridgehead atoms. The van der Waals surface area contributed by atoms with Gasteiger partial charge in [-0.15, -0.1) is 0 Å². The maximum Gasteiger partial charge on any atom is 0.214 e. The predicted molar refractivity (Wildman–Crippen MR) is 119 cm³/mol. The number of nitrogens with one attached hydrogen (secondary N) is 2. The summed E-state index contributed by atoms with van der Waals surface area (Å²) in [5.74, 6) is 0.0220. The van der Waals surface area contributed by atoms with Gasteiger partial charge in [-0.1, -0.05) is 24.3 Å². The lowest BCUT2D eigenvalue weighted by molar-refractivity contribution is -0.109. The van der Waals surface area contributed by atoms with E-state index in [-0.39, 0.29) is 0 Å². The highest BCUT2D eigenvalue weighted by atomic mass is 16.5. The number of carbonyl (C=O) groups excluding carboxylic acids is 1. The molecule has 2 N–H and O–H groups in total. The van der Waals surface area contributed by atoms with E-state index >= 15 is 0 Å². The van der Waals surface area contributed by atoms with Gasteiger partial charge in [-0.2, -0.15) is 0 Å². The number of carbonyl (C=O) groups is 1. The van der Waals surface area contributed by atoms with Gasteiger partial charge in [0, 0.05) is 47.4 Å². The van der Waals surface area contributed by atoms with Crippen LogP contribution in [0.25, 0.3) is 16.6 Å². The molecule has 154 valence electrons. The second-order valence-corrected chi connectivity index (χ2v) is 7.29. The number of nitrogens with zero attached hydrogens (tertiary/aromatic N) is 3. The number of hydrogen-bond donors (Lipinski definition) is 2. The molecule has 0 radical (unpaired) electrons. The minimum atomic E-state index is -0.472. The van der Waals surface area contributed by atoms with Gasteiger partial charge in [0.1, 0.15) is 11.9 Å². The Morgan fingerprint density at radius 1 is 1.16 bits per heavy atom. The third kappa shape index (κ3) is 3.50. The normalized spacial score (nSPS) is 13.2. The molecule has 2 atom stereocenters. The topological polar surface area (TPSA) is 84.3 Å². The van der Waals surface area contributed by atoms with Crippen LogP contribution in [0.2, 0.25) is 0 Å². The number of benzene rings is 1. The van der Waals surface area contributed by atoms with Crippen molar-refractivity contribution in [2.45, 2.75) is 12.0 Å². The third-order valence-corrected chi connectivity index (χ3v) is 5.45. The number of H-pyrrole nitrogens is 1. The molecule has 0 saturated carbocycles. The summed E-state index contributed by atoms with van der Waals surface area (Å²) in [5, 5.41) is 4.51. The number of hydrogen-bond acceptors (Lipinski definition) is 5. The number of rotatable bonds is 7. The van der Waals surface area contributed by atoms with E-state index in [0.717, 1.165) is 39.8 Å². The summed E-state index contributed by atoms with van der Waals surface area (Å²) in [4.78, 5) is 24.7.